The van der Waals surface area contributed by atoms with Crippen LogP contribution < -0.4 is 9.47 Å². The lowest BCUT2D eigenvalue weighted by atomic mass is 10.0. The largest absolute Gasteiger partial charge is 0.491 e. The third-order valence-electron chi connectivity index (χ3n) is 3.57. The van der Waals surface area contributed by atoms with Crippen molar-refractivity contribution in [3.8, 4) is 35.3 Å². The Hall–Kier alpha value is -2.94. The standard InChI is InChI=1S/C18H16N2O4/c1-11(2)22-18-20-19-17(24-18)16-9-13-14(7-4-8-15(13)23-16)21-10-12-5-3-6-12/h4,7-9,11-12H,5,10H2,1-2H3. The van der Waals surface area contributed by atoms with Crippen molar-refractivity contribution in [2.24, 2.45) is 5.92 Å². The second kappa shape index (κ2) is 5.93. The van der Waals surface area contributed by atoms with Gasteiger partial charge in [-0.15, -0.1) is 11.0 Å². The van der Waals surface area contributed by atoms with Crippen LogP contribution in [0.25, 0.3) is 22.6 Å². The van der Waals surface area contributed by atoms with Crippen LogP contribution in [0.3, 0.4) is 0 Å². The van der Waals surface area contributed by atoms with Crippen molar-refractivity contribution >= 4 is 11.0 Å². The SMILES string of the molecule is CC(C)Oc1nnc(-c2cc3c(OCC4C#CC4)cccc3o2)o1. The molecular weight excluding hydrogens is 308 g/mol. The van der Waals surface area contributed by atoms with Crippen molar-refractivity contribution < 1.29 is 18.3 Å². The lowest BCUT2D eigenvalue weighted by Crippen LogP contribution is -2.14. The molecule has 0 saturated carbocycles. The van der Waals surface area contributed by atoms with Gasteiger partial charge in [0.15, 0.2) is 5.76 Å². The molecule has 1 atom stereocenters. The number of nitrogens with zero attached hydrogens (tertiary/aromatic N) is 2. The molecule has 2 heterocycles. The quantitative estimate of drug-likeness (QED) is 0.644. The molecule has 0 N–H and O–H groups in total. The highest BCUT2D eigenvalue weighted by molar-refractivity contribution is 5.87. The molecule has 1 aliphatic carbocycles. The van der Waals surface area contributed by atoms with Crippen molar-refractivity contribution in [1.29, 1.82) is 0 Å². The van der Waals surface area contributed by atoms with E-state index in [4.69, 9.17) is 18.3 Å². The second-order valence-corrected chi connectivity index (χ2v) is 5.85. The van der Waals surface area contributed by atoms with Crippen molar-refractivity contribution in [2.45, 2.75) is 26.4 Å². The number of hydrogen-bond acceptors (Lipinski definition) is 6. The maximum atomic E-state index is 5.88. The number of ether oxygens (including phenoxy) is 2. The molecule has 0 spiro atoms. The van der Waals surface area contributed by atoms with E-state index in [1.54, 1.807) is 0 Å². The predicted molar refractivity (Wildman–Crippen MR) is 86.6 cm³/mol. The van der Waals surface area contributed by atoms with E-state index in [1.165, 1.54) is 0 Å². The monoisotopic (exact) mass is 324 g/mol. The van der Waals surface area contributed by atoms with Gasteiger partial charge >= 0.3 is 6.08 Å². The molecule has 6 nitrogen and oxygen atoms in total. The van der Waals surface area contributed by atoms with Gasteiger partial charge in [0.25, 0.3) is 5.89 Å². The molecule has 24 heavy (non-hydrogen) atoms. The van der Waals surface area contributed by atoms with Crippen molar-refractivity contribution in [3.05, 3.63) is 24.3 Å². The Kier molecular flexibility index (Phi) is 3.62. The molecule has 1 unspecified atom stereocenters. The van der Waals surface area contributed by atoms with E-state index in [0.717, 1.165) is 17.6 Å². The van der Waals surface area contributed by atoms with Crippen LogP contribution in [0.5, 0.6) is 11.8 Å². The molecule has 0 fully saturated rings. The van der Waals surface area contributed by atoms with Gasteiger partial charge in [-0.2, -0.15) is 0 Å². The van der Waals surface area contributed by atoms with Gasteiger partial charge in [0.1, 0.15) is 17.9 Å². The van der Waals surface area contributed by atoms with Gasteiger partial charge in [0, 0.05) is 12.5 Å². The minimum absolute atomic E-state index is 0.0384. The molecule has 6 heteroatoms. The van der Waals surface area contributed by atoms with Gasteiger partial charge < -0.3 is 18.3 Å². The summed E-state index contributed by atoms with van der Waals surface area (Å²) in [5.74, 6) is 7.89. The summed E-state index contributed by atoms with van der Waals surface area (Å²) < 4.78 is 22.5. The normalized spacial score (nSPS) is 15.9. The fourth-order valence-electron chi connectivity index (χ4n) is 2.36. The summed E-state index contributed by atoms with van der Waals surface area (Å²) in [6, 6.07) is 7.51. The first kappa shape index (κ1) is 14.6. The van der Waals surface area contributed by atoms with Crippen LogP contribution in [-0.2, 0) is 0 Å². The first-order chi connectivity index (χ1) is 11.7. The summed E-state index contributed by atoms with van der Waals surface area (Å²) in [6.07, 6.45) is 0.983. The number of fused-ring (bicyclic) bond motifs is 1. The second-order valence-electron chi connectivity index (χ2n) is 5.85. The van der Waals surface area contributed by atoms with Crippen molar-refractivity contribution in [1.82, 2.24) is 10.2 Å². The third-order valence-corrected chi connectivity index (χ3v) is 3.57. The van der Waals surface area contributed by atoms with E-state index in [0.29, 0.717) is 23.9 Å². The fourth-order valence-corrected chi connectivity index (χ4v) is 2.36. The van der Waals surface area contributed by atoms with Crippen LogP contribution in [0, 0.1) is 17.8 Å². The smallest absolute Gasteiger partial charge is 0.415 e. The van der Waals surface area contributed by atoms with Gasteiger partial charge in [0.05, 0.1) is 17.4 Å². The van der Waals surface area contributed by atoms with E-state index in [1.807, 2.05) is 38.1 Å². The van der Waals surface area contributed by atoms with Gasteiger partial charge in [-0.1, -0.05) is 17.1 Å². The van der Waals surface area contributed by atoms with E-state index < -0.39 is 0 Å². The summed E-state index contributed by atoms with van der Waals surface area (Å²) in [5, 5.41) is 8.69. The van der Waals surface area contributed by atoms with Crippen molar-refractivity contribution in [3.63, 3.8) is 0 Å². The van der Waals surface area contributed by atoms with Crippen molar-refractivity contribution in [2.75, 3.05) is 6.61 Å². The zero-order chi connectivity index (χ0) is 16.5. The van der Waals surface area contributed by atoms with Crippen LogP contribution in [0.1, 0.15) is 20.3 Å². The van der Waals surface area contributed by atoms with Gasteiger partial charge in [-0.05, 0) is 26.0 Å². The number of furan rings is 1. The average molecular weight is 324 g/mol. The zero-order valence-electron chi connectivity index (χ0n) is 13.4. The van der Waals surface area contributed by atoms with Crippen LogP contribution >= 0.6 is 0 Å². The fraction of sp³-hybridized carbons (Fsp3) is 0.333. The van der Waals surface area contributed by atoms with E-state index in [2.05, 4.69) is 22.0 Å². The Bertz CT molecular complexity index is 929. The topological polar surface area (TPSA) is 70.5 Å². The summed E-state index contributed by atoms with van der Waals surface area (Å²) in [5.41, 5.74) is 0.701. The minimum atomic E-state index is -0.0384. The molecule has 0 aliphatic heterocycles. The molecule has 2 aromatic heterocycles. The Morgan fingerprint density at radius 3 is 2.92 bits per heavy atom. The number of aromatic nitrogens is 2. The van der Waals surface area contributed by atoms with Crippen LogP contribution in [0.4, 0.5) is 0 Å². The maximum absolute atomic E-state index is 5.88. The molecule has 0 amide bonds. The van der Waals surface area contributed by atoms with E-state index in [9.17, 15) is 0 Å². The van der Waals surface area contributed by atoms with Gasteiger partial charge in [-0.25, -0.2) is 0 Å². The highest BCUT2D eigenvalue weighted by Crippen LogP contribution is 2.34. The molecule has 0 saturated heterocycles. The lowest BCUT2D eigenvalue weighted by Gasteiger charge is -2.14. The maximum Gasteiger partial charge on any atom is 0.415 e. The summed E-state index contributed by atoms with van der Waals surface area (Å²) in [7, 11) is 0. The minimum Gasteiger partial charge on any atom is -0.491 e. The van der Waals surface area contributed by atoms with Crippen LogP contribution in [0.2, 0.25) is 0 Å². The lowest BCUT2D eigenvalue weighted by molar-refractivity contribution is 0.177. The number of rotatable bonds is 6. The highest BCUT2D eigenvalue weighted by Gasteiger charge is 2.18. The van der Waals surface area contributed by atoms with Gasteiger partial charge in [-0.3, -0.25) is 0 Å². The molecule has 122 valence electrons. The third kappa shape index (κ3) is 2.81. The van der Waals surface area contributed by atoms with Gasteiger partial charge in [0.2, 0.25) is 0 Å². The molecular formula is C18H16N2O4. The molecule has 0 bridgehead atoms. The molecule has 4 rings (SSSR count). The predicted octanol–water partition coefficient (Wildman–Crippen LogP) is 3.67. The molecule has 3 aromatic rings. The Labute approximate surface area is 138 Å². The highest BCUT2D eigenvalue weighted by atomic mass is 16.6. The number of hydrogen-bond donors (Lipinski definition) is 0. The Morgan fingerprint density at radius 1 is 1.29 bits per heavy atom. The number of benzene rings is 1. The Morgan fingerprint density at radius 2 is 2.17 bits per heavy atom. The molecule has 1 aromatic carbocycles. The van der Waals surface area contributed by atoms with E-state index >= 15 is 0 Å². The first-order valence-corrected chi connectivity index (χ1v) is 7.83. The summed E-state index contributed by atoms with van der Waals surface area (Å²) in [4.78, 5) is 0. The zero-order valence-corrected chi connectivity index (χ0v) is 13.4. The van der Waals surface area contributed by atoms with Crippen LogP contribution in [-0.4, -0.2) is 22.9 Å². The average Bonchev–Trinajstić information content (AvgIpc) is 3.11. The van der Waals surface area contributed by atoms with E-state index in [-0.39, 0.29) is 18.1 Å². The molecule has 1 aliphatic rings. The molecule has 0 radical (unpaired) electrons. The summed E-state index contributed by atoms with van der Waals surface area (Å²) in [6.45, 7) is 4.36. The summed E-state index contributed by atoms with van der Waals surface area (Å²) >= 11 is 0. The first-order valence-electron chi connectivity index (χ1n) is 7.83. The Balaban J connectivity index is 1.60. The van der Waals surface area contributed by atoms with Crippen LogP contribution in [0.15, 0.2) is 33.1 Å².